The minimum atomic E-state index is -0.823. The Hall–Kier alpha value is -3.46. The number of nitrogens with zero attached hydrogens (tertiary/aromatic N) is 3. The molecule has 8 nitrogen and oxygen atoms in total. The molecule has 0 fully saturated rings. The van der Waals surface area contributed by atoms with E-state index in [2.05, 4.69) is 32.6 Å². The lowest BCUT2D eigenvalue weighted by Crippen LogP contribution is -2.25. The molecule has 33 heavy (non-hydrogen) atoms. The summed E-state index contributed by atoms with van der Waals surface area (Å²) in [5, 5.41) is 4.83. The summed E-state index contributed by atoms with van der Waals surface area (Å²) < 4.78 is 18.1. The Bertz CT molecular complexity index is 1300. The van der Waals surface area contributed by atoms with Gasteiger partial charge in [0.05, 0.1) is 31.3 Å². The fourth-order valence-corrected chi connectivity index (χ4v) is 3.62. The summed E-state index contributed by atoms with van der Waals surface area (Å²) in [5.41, 5.74) is 1.73. The number of rotatable bonds is 8. The van der Waals surface area contributed by atoms with Gasteiger partial charge < -0.3 is 14.2 Å². The van der Waals surface area contributed by atoms with Gasteiger partial charge in [-0.15, -0.1) is 6.58 Å². The van der Waals surface area contributed by atoms with E-state index < -0.39 is 12.1 Å². The van der Waals surface area contributed by atoms with Crippen LogP contribution in [0.15, 0.2) is 57.4 Å². The molecule has 0 radical (unpaired) electrons. The molecule has 0 bridgehead atoms. The Morgan fingerprint density at radius 1 is 1.30 bits per heavy atom. The second-order valence-electron chi connectivity index (χ2n) is 7.17. The van der Waals surface area contributed by atoms with Crippen molar-refractivity contribution in [2.45, 2.75) is 26.4 Å². The molecule has 3 rings (SSSR count). The van der Waals surface area contributed by atoms with Crippen molar-refractivity contribution in [2.24, 2.45) is 5.10 Å². The smallest absolute Gasteiger partial charge is 0.346 e. The summed E-state index contributed by atoms with van der Waals surface area (Å²) in [7, 11) is 2.80. The van der Waals surface area contributed by atoms with Gasteiger partial charge in [0.15, 0.2) is 17.6 Å². The van der Waals surface area contributed by atoms with Crippen molar-refractivity contribution in [3.05, 3.63) is 74.8 Å². The molecular formula is C24H24BrN3O5. The summed E-state index contributed by atoms with van der Waals surface area (Å²) >= 11 is 3.38. The Labute approximate surface area is 199 Å². The third-order valence-corrected chi connectivity index (χ3v) is 5.35. The maximum atomic E-state index is 13.0. The van der Waals surface area contributed by atoms with Gasteiger partial charge >= 0.3 is 5.97 Å². The van der Waals surface area contributed by atoms with E-state index in [9.17, 15) is 9.59 Å². The first-order valence-electron chi connectivity index (χ1n) is 10.1. The molecule has 3 aromatic rings. The molecule has 0 aliphatic rings. The molecule has 1 atom stereocenters. The predicted octanol–water partition coefficient (Wildman–Crippen LogP) is 4.03. The molecule has 9 heteroatoms. The number of hydrogen-bond donors (Lipinski definition) is 0. The molecule has 1 aromatic heterocycles. The van der Waals surface area contributed by atoms with Crippen LogP contribution < -0.4 is 15.0 Å². The van der Waals surface area contributed by atoms with Crippen LogP contribution in [-0.2, 0) is 16.0 Å². The topological polar surface area (TPSA) is 92.0 Å². The number of ether oxygens (including phenoxy) is 3. The van der Waals surface area contributed by atoms with Crippen molar-refractivity contribution >= 4 is 39.0 Å². The van der Waals surface area contributed by atoms with E-state index in [1.165, 1.54) is 18.9 Å². The lowest BCUT2D eigenvalue weighted by atomic mass is 10.1. The first kappa shape index (κ1) is 24.2. The third-order valence-electron chi connectivity index (χ3n) is 4.86. The Balaban J connectivity index is 2.05. The zero-order valence-electron chi connectivity index (χ0n) is 18.8. The quantitative estimate of drug-likeness (QED) is 0.256. The fraction of sp³-hybridized carbons (Fsp3) is 0.250. The van der Waals surface area contributed by atoms with Gasteiger partial charge in [-0.1, -0.05) is 22.0 Å². The molecule has 0 amide bonds. The monoisotopic (exact) mass is 513 g/mol. The molecule has 0 spiro atoms. The van der Waals surface area contributed by atoms with Gasteiger partial charge in [0, 0.05) is 10.0 Å². The first-order valence-corrected chi connectivity index (χ1v) is 10.9. The molecule has 0 N–H and O–H groups in total. The van der Waals surface area contributed by atoms with Crippen LogP contribution in [0, 0.1) is 6.92 Å². The van der Waals surface area contributed by atoms with Gasteiger partial charge in [0.25, 0.3) is 5.56 Å². The highest BCUT2D eigenvalue weighted by Gasteiger charge is 2.20. The van der Waals surface area contributed by atoms with Crippen molar-refractivity contribution < 1.29 is 19.0 Å². The summed E-state index contributed by atoms with van der Waals surface area (Å²) in [4.78, 5) is 29.3. The summed E-state index contributed by atoms with van der Waals surface area (Å²) in [6.45, 7) is 7.10. The normalized spacial score (nSPS) is 12.0. The van der Waals surface area contributed by atoms with Crippen LogP contribution >= 0.6 is 15.9 Å². The minimum Gasteiger partial charge on any atom is -0.493 e. The number of hydrogen-bond acceptors (Lipinski definition) is 7. The van der Waals surface area contributed by atoms with Crippen LogP contribution in [0.5, 0.6) is 11.5 Å². The Morgan fingerprint density at radius 3 is 2.73 bits per heavy atom. The van der Waals surface area contributed by atoms with E-state index in [-0.39, 0.29) is 5.56 Å². The maximum absolute atomic E-state index is 13.0. The van der Waals surface area contributed by atoms with Gasteiger partial charge in [-0.2, -0.15) is 9.78 Å². The molecule has 172 valence electrons. The van der Waals surface area contributed by atoms with Crippen LogP contribution in [0.4, 0.5) is 0 Å². The van der Waals surface area contributed by atoms with Crippen LogP contribution in [0.25, 0.3) is 10.9 Å². The lowest BCUT2D eigenvalue weighted by Gasteiger charge is -2.18. The number of carbonyl (C=O) groups is 1. The molecule has 0 aliphatic heterocycles. The van der Waals surface area contributed by atoms with E-state index in [0.717, 1.165) is 10.0 Å². The fourth-order valence-electron chi connectivity index (χ4n) is 3.26. The third kappa shape index (κ3) is 5.31. The highest BCUT2D eigenvalue weighted by Crippen LogP contribution is 2.34. The van der Waals surface area contributed by atoms with Crippen LogP contribution in [0.3, 0.4) is 0 Å². The van der Waals surface area contributed by atoms with E-state index >= 15 is 0 Å². The van der Waals surface area contributed by atoms with Crippen molar-refractivity contribution in [1.29, 1.82) is 0 Å². The number of aromatic nitrogens is 2. The second kappa shape index (κ2) is 10.4. The molecule has 0 saturated carbocycles. The van der Waals surface area contributed by atoms with E-state index in [1.54, 1.807) is 44.3 Å². The van der Waals surface area contributed by atoms with Crippen LogP contribution in [0.1, 0.15) is 23.9 Å². The number of halogens is 1. The highest BCUT2D eigenvalue weighted by atomic mass is 79.9. The van der Waals surface area contributed by atoms with Crippen LogP contribution in [0.2, 0.25) is 0 Å². The van der Waals surface area contributed by atoms with Gasteiger partial charge in [-0.25, -0.2) is 9.78 Å². The Morgan fingerprint density at radius 2 is 2.06 bits per heavy atom. The van der Waals surface area contributed by atoms with Crippen LogP contribution in [-0.4, -0.2) is 42.2 Å². The summed E-state index contributed by atoms with van der Waals surface area (Å²) in [6, 6.07) is 8.87. The number of carbonyl (C=O) groups excluding carboxylic acids is 1. The van der Waals surface area contributed by atoms with E-state index in [0.29, 0.717) is 40.2 Å². The minimum absolute atomic E-state index is 0.278. The zero-order chi connectivity index (χ0) is 24.1. The Kier molecular flexibility index (Phi) is 7.65. The lowest BCUT2D eigenvalue weighted by molar-refractivity contribution is -0.147. The number of methoxy groups -OCH3 is 2. The maximum Gasteiger partial charge on any atom is 0.346 e. The van der Waals surface area contributed by atoms with E-state index in [4.69, 9.17) is 14.2 Å². The molecular weight excluding hydrogens is 490 g/mol. The SMILES string of the molecule is C=CCc1cc(C=Nn2c(C)nc3ccc(Br)cc3c2=O)cc(OC)c1O[C@@H](C)C(=O)OC. The standard InChI is InChI=1S/C24H24BrN3O5/c1-6-7-17-10-16(11-21(31-4)22(17)33-14(2)24(30)32-5)13-26-28-15(3)27-20-9-8-18(25)12-19(20)23(28)29/h6,8-14H,1,7H2,2-5H3/t14-/m0/s1. The van der Waals surface area contributed by atoms with Crippen molar-refractivity contribution in [1.82, 2.24) is 9.66 Å². The summed E-state index contributed by atoms with van der Waals surface area (Å²) in [6.07, 6.45) is 2.90. The second-order valence-corrected chi connectivity index (χ2v) is 8.09. The van der Waals surface area contributed by atoms with Gasteiger partial charge in [-0.05, 0) is 56.2 Å². The summed E-state index contributed by atoms with van der Waals surface area (Å²) in [5.74, 6) is 0.781. The number of esters is 1. The van der Waals surface area contributed by atoms with Gasteiger partial charge in [0.1, 0.15) is 5.82 Å². The molecule has 1 heterocycles. The average Bonchev–Trinajstić information content (AvgIpc) is 2.80. The number of fused-ring (bicyclic) bond motifs is 1. The van der Waals surface area contributed by atoms with Crippen molar-refractivity contribution in [2.75, 3.05) is 14.2 Å². The predicted molar refractivity (Wildman–Crippen MR) is 130 cm³/mol. The molecule has 0 unspecified atom stereocenters. The number of aryl methyl sites for hydroxylation is 1. The largest absolute Gasteiger partial charge is 0.493 e. The molecule has 0 saturated heterocycles. The van der Waals surface area contributed by atoms with Crippen molar-refractivity contribution in [3.63, 3.8) is 0 Å². The van der Waals surface area contributed by atoms with E-state index in [1.807, 2.05) is 12.1 Å². The first-order chi connectivity index (χ1) is 15.8. The van der Waals surface area contributed by atoms with Gasteiger partial charge in [-0.3, -0.25) is 4.79 Å². The zero-order valence-corrected chi connectivity index (χ0v) is 20.4. The number of allylic oxidation sites excluding steroid dienone is 1. The van der Waals surface area contributed by atoms with Gasteiger partial charge in [0.2, 0.25) is 0 Å². The highest BCUT2D eigenvalue weighted by molar-refractivity contribution is 9.10. The molecule has 0 aliphatic carbocycles. The van der Waals surface area contributed by atoms with Crippen molar-refractivity contribution in [3.8, 4) is 11.5 Å². The number of benzene rings is 2. The molecule has 2 aromatic carbocycles. The average molecular weight is 514 g/mol.